The Morgan fingerprint density at radius 1 is 1.15 bits per heavy atom. The number of morpholine rings is 1. The lowest BCUT2D eigenvalue weighted by atomic mass is 10.1. The second-order valence-electron chi connectivity index (χ2n) is 7.53. The zero-order chi connectivity index (χ0) is 24.9. The molecule has 3 rings (SSSR count). The minimum Gasteiger partial charge on any atom is -0.482 e. The van der Waals surface area contributed by atoms with E-state index in [4.69, 9.17) is 9.47 Å². The van der Waals surface area contributed by atoms with Crippen LogP contribution < -0.4 is 19.7 Å². The highest BCUT2D eigenvalue weighted by Gasteiger charge is 2.32. The number of nitrogens with one attached hydrogen (secondary N) is 2. The number of rotatable bonds is 8. The number of hydrogen-bond acceptors (Lipinski definition) is 6. The van der Waals surface area contributed by atoms with Crippen molar-refractivity contribution in [3.05, 3.63) is 53.3 Å². The standard InChI is InChI=1S/C21H23F4N3O5S/c1-34(30,31)27-17-4-2-14(10-16(17)22)12-26-20(29)13-33-19-5-3-15(21(23,24)25)11-18(19)28-6-8-32-9-7-28/h2-5,10-11,27H,6-9,12-13H2,1H3,(H,26,29). The van der Waals surface area contributed by atoms with E-state index in [0.717, 1.165) is 24.5 Å². The average molecular weight is 505 g/mol. The van der Waals surface area contributed by atoms with E-state index in [-0.39, 0.29) is 23.7 Å². The van der Waals surface area contributed by atoms with Gasteiger partial charge in [0, 0.05) is 19.6 Å². The van der Waals surface area contributed by atoms with Crippen LogP contribution in [0.3, 0.4) is 0 Å². The van der Waals surface area contributed by atoms with Crippen LogP contribution >= 0.6 is 0 Å². The summed E-state index contributed by atoms with van der Waals surface area (Å²) in [5.41, 5.74) is -0.476. The van der Waals surface area contributed by atoms with E-state index in [0.29, 0.717) is 31.9 Å². The summed E-state index contributed by atoms with van der Waals surface area (Å²) in [6.45, 7) is 0.913. The van der Waals surface area contributed by atoms with Crippen molar-refractivity contribution in [1.29, 1.82) is 0 Å². The quantitative estimate of drug-likeness (QED) is 0.536. The van der Waals surface area contributed by atoms with E-state index < -0.39 is 40.1 Å². The van der Waals surface area contributed by atoms with Crippen molar-refractivity contribution in [1.82, 2.24) is 5.32 Å². The van der Waals surface area contributed by atoms with Crippen LogP contribution in [0.5, 0.6) is 5.75 Å². The molecule has 1 amide bonds. The highest BCUT2D eigenvalue weighted by atomic mass is 32.2. The van der Waals surface area contributed by atoms with Gasteiger partial charge in [-0.05, 0) is 35.9 Å². The van der Waals surface area contributed by atoms with Crippen LogP contribution in [-0.2, 0) is 32.3 Å². The molecule has 0 saturated carbocycles. The van der Waals surface area contributed by atoms with Gasteiger partial charge in [-0.1, -0.05) is 6.07 Å². The molecule has 186 valence electrons. The molecule has 0 bridgehead atoms. The number of anilines is 2. The zero-order valence-electron chi connectivity index (χ0n) is 18.1. The van der Waals surface area contributed by atoms with E-state index in [9.17, 15) is 30.8 Å². The number of ether oxygens (including phenoxy) is 2. The number of alkyl halides is 3. The molecule has 1 heterocycles. The summed E-state index contributed by atoms with van der Waals surface area (Å²) in [7, 11) is -3.64. The van der Waals surface area contributed by atoms with Gasteiger partial charge in [0.25, 0.3) is 5.91 Å². The zero-order valence-corrected chi connectivity index (χ0v) is 18.9. The van der Waals surface area contributed by atoms with E-state index >= 15 is 0 Å². The van der Waals surface area contributed by atoms with Crippen LogP contribution in [0.25, 0.3) is 0 Å². The fourth-order valence-electron chi connectivity index (χ4n) is 3.21. The molecule has 0 radical (unpaired) electrons. The van der Waals surface area contributed by atoms with Crippen LogP contribution in [0, 0.1) is 5.82 Å². The van der Waals surface area contributed by atoms with Crippen molar-refractivity contribution >= 4 is 27.3 Å². The third-order valence-electron chi connectivity index (χ3n) is 4.82. The third-order valence-corrected chi connectivity index (χ3v) is 5.41. The molecule has 1 aliphatic heterocycles. The van der Waals surface area contributed by atoms with Gasteiger partial charge in [0.2, 0.25) is 10.0 Å². The van der Waals surface area contributed by atoms with Crippen molar-refractivity contribution in [3.63, 3.8) is 0 Å². The lowest BCUT2D eigenvalue weighted by molar-refractivity contribution is -0.137. The fraction of sp³-hybridized carbons (Fsp3) is 0.381. The number of hydrogen-bond donors (Lipinski definition) is 2. The first-order chi connectivity index (χ1) is 15.9. The number of carbonyl (C=O) groups is 1. The Kier molecular flexibility index (Phi) is 7.87. The van der Waals surface area contributed by atoms with Gasteiger partial charge >= 0.3 is 6.18 Å². The molecule has 13 heteroatoms. The van der Waals surface area contributed by atoms with Crippen LogP contribution in [-0.4, -0.2) is 53.5 Å². The molecular weight excluding hydrogens is 482 g/mol. The van der Waals surface area contributed by atoms with Crippen molar-refractivity contribution in [2.24, 2.45) is 0 Å². The van der Waals surface area contributed by atoms with E-state index in [1.54, 1.807) is 4.90 Å². The monoisotopic (exact) mass is 505 g/mol. The Bertz CT molecular complexity index is 1140. The molecule has 0 aromatic heterocycles. The van der Waals surface area contributed by atoms with Gasteiger partial charge < -0.3 is 19.7 Å². The highest BCUT2D eigenvalue weighted by molar-refractivity contribution is 7.92. The SMILES string of the molecule is CS(=O)(=O)Nc1ccc(CNC(=O)COc2ccc(C(F)(F)F)cc2N2CCOCC2)cc1F. The number of sulfonamides is 1. The van der Waals surface area contributed by atoms with Gasteiger partial charge in [0.05, 0.1) is 36.4 Å². The van der Waals surface area contributed by atoms with Crippen molar-refractivity contribution in [2.75, 3.05) is 48.8 Å². The third kappa shape index (κ3) is 7.22. The Morgan fingerprint density at radius 2 is 1.85 bits per heavy atom. The summed E-state index contributed by atoms with van der Waals surface area (Å²) < 4.78 is 88.8. The van der Waals surface area contributed by atoms with Crippen LogP contribution in [0.2, 0.25) is 0 Å². The van der Waals surface area contributed by atoms with Gasteiger partial charge in [0.15, 0.2) is 6.61 Å². The summed E-state index contributed by atoms with van der Waals surface area (Å²) in [4.78, 5) is 13.9. The normalized spacial score (nSPS) is 14.6. The van der Waals surface area contributed by atoms with Gasteiger partial charge in [-0.3, -0.25) is 9.52 Å². The Labute approximate surface area is 193 Å². The molecule has 2 aromatic carbocycles. The van der Waals surface area contributed by atoms with Crippen LogP contribution in [0.1, 0.15) is 11.1 Å². The molecule has 0 spiro atoms. The van der Waals surface area contributed by atoms with Gasteiger partial charge in [-0.2, -0.15) is 13.2 Å². The highest BCUT2D eigenvalue weighted by Crippen LogP contribution is 2.37. The maximum Gasteiger partial charge on any atom is 0.416 e. The second-order valence-corrected chi connectivity index (χ2v) is 9.28. The lowest BCUT2D eigenvalue weighted by Gasteiger charge is -2.30. The smallest absolute Gasteiger partial charge is 0.416 e. The first kappa shape index (κ1) is 25.6. The van der Waals surface area contributed by atoms with Crippen molar-refractivity contribution in [3.8, 4) is 5.75 Å². The van der Waals surface area contributed by atoms with Gasteiger partial charge in [-0.15, -0.1) is 0 Å². The van der Waals surface area contributed by atoms with Crippen LogP contribution in [0.4, 0.5) is 28.9 Å². The molecule has 34 heavy (non-hydrogen) atoms. The van der Waals surface area contributed by atoms with Gasteiger partial charge in [0.1, 0.15) is 11.6 Å². The van der Waals surface area contributed by atoms with E-state index in [1.165, 1.54) is 18.2 Å². The number of halogens is 4. The van der Waals surface area contributed by atoms with Crippen LogP contribution in [0.15, 0.2) is 36.4 Å². The summed E-state index contributed by atoms with van der Waals surface area (Å²) in [6, 6.07) is 6.76. The molecule has 1 aliphatic rings. The predicted octanol–water partition coefficient (Wildman–Crippen LogP) is 2.75. The molecule has 2 N–H and O–H groups in total. The number of carbonyl (C=O) groups excluding carboxylic acids is 1. The number of benzene rings is 2. The Balaban J connectivity index is 1.62. The maximum atomic E-state index is 14.1. The van der Waals surface area contributed by atoms with Gasteiger partial charge in [-0.25, -0.2) is 12.8 Å². The topological polar surface area (TPSA) is 97.0 Å². The lowest BCUT2D eigenvalue weighted by Crippen LogP contribution is -2.37. The van der Waals surface area contributed by atoms with E-state index in [2.05, 4.69) is 5.32 Å². The molecular formula is C21H23F4N3O5S. The summed E-state index contributed by atoms with van der Waals surface area (Å²) >= 11 is 0. The summed E-state index contributed by atoms with van der Waals surface area (Å²) in [5, 5.41) is 2.52. The Morgan fingerprint density at radius 3 is 2.47 bits per heavy atom. The van der Waals surface area contributed by atoms with Crippen molar-refractivity contribution < 1.29 is 40.2 Å². The molecule has 1 fully saturated rings. The summed E-state index contributed by atoms with van der Waals surface area (Å²) in [5.74, 6) is -1.27. The minimum absolute atomic E-state index is 0.0679. The average Bonchev–Trinajstić information content (AvgIpc) is 2.77. The molecule has 2 aromatic rings. The summed E-state index contributed by atoms with van der Waals surface area (Å²) in [6.07, 6.45) is -3.64. The maximum absolute atomic E-state index is 14.1. The molecule has 8 nitrogen and oxygen atoms in total. The fourth-order valence-corrected chi connectivity index (χ4v) is 3.78. The first-order valence-electron chi connectivity index (χ1n) is 10.1. The van der Waals surface area contributed by atoms with Crippen molar-refractivity contribution in [2.45, 2.75) is 12.7 Å². The largest absolute Gasteiger partial charge is 0.482 e. The predicted molar refractivity (Wildman–Crippen MR) is 117 cm³/mol. The molecule has 0 atom stereocenters. The number of amides is 1. The number of nitrogens with zero attached hydrogens (tertiary/aromatic N) is 1. The Hall–Kier alpha value is -3.06. The molecule has 0 unspecified atom stereocenters. The van der Waals surface area contributed by atoms with E-state index in [1.807, 2.05) is 4.72 Å². The molecule has 0 aliphatic carbocycles. The second kappa shape index (κ2) is 10.5. The molecule has 1 saturated heterocycles. The minimum atomic E-state index is -4.53. The first-order valence-corrected chi connectivity index (χ1v) is 12.0.